The predicted molar refractivity (Wildman–Crippen MR) is 227 cm³/mol. The average molecular weight is 865 g/mol. The van der Waals surface area contributed by atoms with Crippen LogP contribution in [0, 0.1) is 0 Å². The summed E-state index contributed by atoms with van der Waals surface area (Å²) < 4.78 is 83.3. The largest absolute Gasteiger partial charge is 0.463 e. The minimum atomic E-state index is -3.76. The molecule has 0 heterocycles. The first-order chi connectivity index (χ1) is 29.1. The minimum Gasteiger partial charge on any atom is -0.463 e. The van der Waals surface area contributed by atoms with Gasteiger partial charge in [-0.1, -0.05) is 115 Å². The Morgan fingerprint density at radius 2 is 0.678 bits per heavy atom. The molecule has 0 saturated heterocycles. The minimum absolute atomic E-state index is 0.0612. The van der Waals surface area contributed by atoms with Crippen molar-refractivity contribution in [1.29, 1.82) is 0 Å². The molecule has 346 valence electrons. The van der Waals surface area contributed by atoms with Crippen LogP contribution >= 0.6 is 0 Å². The van der Waals surface area contributed by atoms with E-state index in [9.17, 15) is 13.2 Å². The number of hydrogen-bond donors (Lipinski definition) is 0. The fourth-order valence-corrected chi connectivity index (χ4v) is 6.56. The standard InChI is InChI=1S/C44H80O14S/c1-2-3-4-5-6-7-8-9-10-11-12-13-14-15-19-22-44(45)57-41-39-55-37-35-53-33-31-51-29-27-49-25-23-48-24-26-50-28-30-52-32-34-54-36-38-56-40-42-58-59(46,47)43-20-17-16-18-21-43/h16-18,20-21H,2-15,19,22-42H2,1H3. The lowest BCUT2D eigenvalue weighted by Crippen LogP contribution is -2.16. The lowest BCUT2D eigenvalue weighted by Gasteiger charge is -2.09. The zero-order chi connectivity index (χ0) is 42.4. The molecule has 0 aliphatic rings. The van der Waals surface area contributed by atoms with Crippen molar-refractivity contribution in [3.63, 3.8) is 0 Å². The van der Waals surface area contributed by atoms with Gasteiger partial charge in [0.25, 0.3) is 10.1 Å². The molecule has 1 aromatic carbocycles. The van der Waals surface area contributed by atoms with Gasteiger partial charge in [0.1, 0.15) is 6.61 Å². The van der Waals surface area contributed by atoms with Crippen molar-refractivity contribution in [3.05, 3.63) is 30.3 Å². The van der Waals surface area contributed by atoms with Gasteiger partial charge in [-0.3, -0.25) is 8.98 Å². The molecule has 14 nitrogen and oxygen atoms in total. The van der Waals surface area contributed by atoms with Crippen LogP contribution in [0.1, 0.15) is 110 Å². The lowest BCUT2D eigenvalue weighted by molar-refractivity contribution is -0.145. The SMILES string of the molecule is CCCCCCCCCCCCCCCCCC(=O)OCCOCCOCCOCCOCCOCCOCCOCCOCCOCCOS(=O)(=O)c1ccccc1. The maximum absolute atomic E-state index is 12.0. The molecule has 0 aromatic heterocycles. The highest BCUT2D eigenvalue weighted by Gasteiger charge is 2.13. The van der Waals surface area contributed by atoms with Crippen molar-refractivity contribution >= 4 is 16.1 Å². The van der Waals surface area contributed by atoms with Crippen LogP contribution in [0.4, 0.5) is 0 Å². The molecule has 0 spiro atoms. The fourth-order valence-electron chi connectivity index (χ4n) is 5.65. The Kier molecular flexibility index (Phi) is 41.5. The van der Waals surface area contributed by atoms with Crippen molar-refractivity contribution in [2.24, 2.45) is 0 Å². The average Bonchev–Trinajstić information content (AvgIpc) is 3.24. The summed E-state index contributed by atoms with van der Waals surface area (Å²) in [5.74, 6) is -0.138. The van der Waals surface area contributed by atoms with Gasteiger partial charge in [0, 0.05) is 6.42 Å². The summed E-state index contributed by atoms with van der Waals surface area (Å²) in [6.07, 6.45) is 20.1. The van der Waals surface area contributed by atoms with Gasteiger partial charge in [-0.25, -0.2) is 0 Å². The van der Waals surface area contributed by atoms with E-state index in [-0.39, 0.29) is 30.7 Å². The zero-order valence-corrected chi connectivity index (χ0v) is 37.3. The second kappa shape index (κ2) is 44.3. The van der Waals surface area contributed by atoms with Crippen molar-refractivity contribution in [1.82, 2.24) is 0 Å². The second-order valence-electron chi connectivity index (χ2n) is 14.0. The van der Waals surface area contributed by atoms with E-state index >= 15 is 0 Å². The molecule has 0 aliphatic carbocycles. The number of esters is 1. The number of carbonyl (C=O) groups excluding carboxylic acids is 1. The maximum atomic E-state index is 12.0. The maximum Gasteiger partial charge on any atom is 0.305 e. The van der Waals surface area contributed by atoms with Crippen LogP contribution in [-0.4, -0.2) is 147 Å². The monoisotopic (exact) mass is 865 g/mol. The summed E-state index contributed by atoms with van der Waals surface area (Å²) in [7, 11) is -3.76. The topological polar surface area (TPSA) is 153 Å². The second-order valence-corrected chi connectivity index (χ2v) is 15.6. The number of carbonyl (C=O) groups is 1. The highest BCUT2D eigenvalue weighted by atomic mass is 32.2. The van der Waals surface area contributed by atoms with E-state index in [2.05, 4.69) is 6.92 Å². The Morgan fingerprint density at radius 3 is 1.02 bits per heavy atom. The third-order valence-corrected chi connectivity index (χ3v) is 10.3. The van der Waals surface area contributed by atoms with Gasteiger partial charge in [-0.05, 0) is 18.6 Å². The van der Waals surface area contributed by atoms with E-state index in [4.69, 9.17) is 51.6 Å². The summed E-state index contributed by atoms with van der Waals surface area (Å²) in [5, 5.41) is 0. The van der Waals surface area contributed by atoms with Gasteiger partial charge >= 0.3 is 5.97 Å². The van der Waals surface area contributed by atoms with Crippen LogP contribution < -0.4 is 0 Å². The van der Waals surface area contributed by atoms with Crippen LogP contribution in [0.25, 0.3) is 0 Å². The van der Waals surface area contributed by atoms with E-state index in [0.29, 0.717) is 119 Å². The van der Waals surface area contributed by atoms with E-state index in [0.717, 1.165) is 12.8 Å². The number of ether oxygens (including phenoxy) is 10. The molecular formula is C44H80O14S. The van der Waals surface area contributed by atoms with Crippen LogP contribution in [0.2, 0.25) is 0 Å². The molecular weight excluding hydrogens is 785 g/mol. The molecule has 1 rings (SSSR count). The van der Waals surface area contributed by atoms with Crippen molar-refractivity contribution in [2.45, 2.75) is 115 Å². The number of benzene rings is 1. The fraction of sp³-hybridized carbons (Fsp3) is 0.841. The van der Waals surface area contributed by atoms with Crippen molar-refractivity contribution in [3.8, 4) is 0 Å². The molecule has 0 amide bonds. The first kappa shape index (κ1) is 55.3. The smallest absolute Gasteiger partial charge is 0.305 e. The molecule has 15 heteroatoms. The quantitative estimate of drug-likeness (QED) is 0.0365. The Balaban J connectivity index is 1.66. The highest BCUT2D eigenvalue weighted by molar-refractivity contribution is 7.86. The Labute approximate surface area is 357 Å². The van der Waals surface area contributed by atoms with Crippen molar-refractivity contribution < 1.29 is 64.8 Å². The zero-order valence-electron chi connectivity index (χ0n) is 36.5. The Morgan fingerprint density at radius 1 is 0.390 bits per heavy atom. The van der Waals surface area contributed by atoms with E-state index < -0.39 is 10.1 Å². The highest BCUT2D eigenvalue weighted by Crippen LogP contribution is 2.14. The molecule has 0 N–H and O–H groups in total. The summed E-state index contributed by atoms with van der Waals surface area (Å²) in [6, 6.07) is 7.98. The number of rotatable bonds is 48. The molecule has 1 aromatic rings. The third-order valence-electron chi connectivity index (χ3n) is 8.95. The summed E-state index contributed by atoms with van der Waals surface area (Å²) in [6.45, 7) is 10.2. The molecule has 0 atom stereocenters. The van der Waals surface area contributed by atoms with Gasteiger partial charge in [-0.2, -0.15) is 8.42 Å². The summed E-state index contributed by atoms with van der Waals surface area (Å²) in [4.78, 5) is 12.0. The molecule has 0 radical (unpaired) electrons. The molecule has 0 bridgehead atoms. The summed E-state index contributed by atoms with van der Waals surface area (Å²) in [5.41, 5.74) is 0. The molecule has 0 saturated carbocycles. The molecule has 0 fully saturated rings. The van der Waals surface area contributed by atoms with Gasteiger partial charge in [0.2, 0.25) is 0 Å². The molecule has 0 unspecified atom stereocenters. The number of hydrogen-bond acceptors (Lipinski definition) is 14. The van der Waals surface area contributed by atoms with E-state index in [1.54, 1.807) is 18.2 Å². The first-order valence-corrected chi connectivity index (χ1v) is 23.8. The molecule has 0 aliphatic heterocycles. The van der Waals surface area contributed by atoms with Crippen LogP contribution in [0.15, 0.2) is 35.2 Å². The predicted octanol–water partition coefficient (Wildman–Crippen LogP) is 7.35. The van der Waals surface area contributed by atoms with Gasteiger partial charge < -0.3 is 47.4 Å². The van der Waals surface area contributed by atoms with Crippen LogP contribution in [-0.2, 0) is 66.5 Å². The molecule has 59 heavy (non-hydrogen) atoms. The van der Waals surface area contributed by atoms with Gasteiger partial charge in [-0.15, -0.1) is 0 Å². The summed E-state index contributed by atoms with van der Waals surface area (Å²) >= 11 is 0. The Bertz CT molecular complexity index is 1110. The van der Waals surface area contributed by atoms with Crippen LogP contribution in [0.5, 0.6) is 0 Å². The lowest BCUT2D eigenvalue weighted by atomic mass is 10.0. The number of unbranched alkanes of at least 4 members (excludes halogenated alkanes) is 14. The van der Waals surface area contributed by atoms with Crippen LogP contribution in [0.3, 0.4) is 0 Å². The normalized spacial score (nSPS) is 11.7. The van der Waals surface area contributed by atoms with Crippen molar-refractivity contribution in [2.75, 3.05) is 132 Å². The third kappa shape index (κ3) is 40.1. The van der Waals surface area contributed by atoms with Gasteiger partial charge in [0.05, 0.1) is 130 Å². The van der Waals surface area contributed by atoms with E-state index in [1.807, 2.05) is 0 Å². The van der Waals surface area contributed by atoms with E-state index in [1.165, 1.54) is 95.6 Å². The Hall–Kier alpha value is -1.76. The first-order valence-electron chi connectivity index (χ1n) is 22.4. The van der Waals surface area contributed by atoms with Gasteiger partial charge in [0.15, 0.2) is 0 Å².